The van der Waals surface area contributed by atoms with Crippen LogP contribution in [0.2, 0.25) is 0 Å². The van der Waals surface area contributed by atoms with Gasteiger partial charge in [0.05, 0.1) is 23.6 Å². The molecule has 4 heterocycles. The Morgan fingerprint density at radius 2 is 1.85 bits per heavy atom. The van der Waals surface area contributed by atoms with E-state index in [1.54, 1.807) is 36.2 Å². The number of hydrogen-bond acceptors (Lipinski definition) is 7. The van der Waals surface area contributed by atoms with Gasteiger partial charge in [0, 0.05) is 41.0 Å². The fourth-order valence-electron chi connectivity index (χ4n) is 5.12. The van der Waals surface area contributed by atoms with E-state index >= 15 is 0 Å². The van der Waals surface area contributed by atoms with Crippen LogP contribution >= 0.6 is 0 Å². The predicted octanol–water partition coefficient (Wildman–Crippen LogP) is 5.31. The number of aliphatic hydroxyl groups excluding tert-OH is 1. The van der Waals surface area contributed by atoms with E-state index in [-0.39, 0.29) is 12.1 Å². The summed E-state index contributed by atoms with van der Waals surface area (Å²) in [6.07, 6.45) is -1.96. The predicted molar refractivity (Wildman–Crippen MR) is 143 cm³/mol. The van der Waals surface area contributed by atoms with Gasteiger partial charge in [0.2, 0.25) is 0 Å². The first kappa shape index (κ1) is 25.8. The summed E-state index contributed by atoms with van der Waals surface area (Å²) in [5, 5.41) is 14.9. The molecule has 1 N–H and O–H groups in total. The van der Waals surface area contributed by atoms with E-state index in [4.69, 9.17) is 4.42 Å². The topological polar surface area (TPSA) is 97.3 Å². The number of fused-ring (bicyclic) bond motifs is 1. The standard InChI is InChI=1S/C29H24F3N5O3/c1-16-9-18(25-13-33-15-40-25)11-19(10-16)26-22-5-3-17(2)34-27(22)28(39)37(35-26)24-12-20(36-8-7-21(38)14-36)4-6-23(24)29(30,31)32/h3-6,9-13,15,21,38H,7-8,14H2,1-2H3/t21-/m0/s1. The average Bonchev–Trinajstić information content (AvgIpc) is 3.60. The normalized spacial score (nSPS) is 15.8. The van der Waals surface area contributed by atoms with Crippen molar-refractivity contribution in [2.45, 2.75) is 32.5 Å². The number of alkyl halides is 3. The molecule has 2 aromatic carbocycles. The Morgan fingerprint density at radius 3 is 2.55 bits per heavy atom. The van der Waals surface area contributed by atoms with Gasteiger partial charge in [-0.25, -0.2) is 9.97 Å². The summed E-state index contributed by atoms with van der Waals surface area (Å²) < 4.78 is 49.1. The van der Waals surface area contributed by atoms with Crippen LogP contribution in [0.25, 0.3) is 39.2 Å². The van der Waals surface area contributed by atoms with Crippen molar-refractivity contribution in [3.63, 3.8) is 0 Å². The van der Waals surface area contributed by atoms with Crippen LogP contribution in [0.5, 0.6) is 0 Å². The van der Waals surface area contributed by atoms with Gasteiger partial charge in [0.15, 0.2) is 12.2 Å². The Bertz CT molecular complexity index is 1800. The maximum Gasteiger partial charge on any atom is 0.418 e. The van der Waals surface area contributed by atoms with Crippen LogP contribution in [-0.2, 0) is 6.18 Å². The molecule has 1 aliphatic heterocycles. The minimum absolute atomic E-state index is 0.00263. The van der Waals surface area contributed by atoms with Crippen molar-refractivity contribution in [2.24, 2.45) is 0 Å². The summed E-state index contributed by atoms with van der Waals surface area (Å²) in [6.45, 7) is 4.34. The molecule has 5 aromatic rings. The molecule has 0 saturated carbocycles. The van der Waals surface area contributed by atoms with Crippen LogP contribution in [0.15, 0.2) is 70.3 Å². The molecule has 1 aliphatic rings. The molecule has 0 spiro atoms. The van der Waals surface area contributed by atoms with E-state index in [0.29, 0.717) is 52.3 Å². The Labute approximate surface area is 226 Å². The molecular weight excluding hydrogens is 523 g/mol. The summed E-state index contributed by atoms with van der Waals surface area (Å²) >= 11 is 0. The Hall–Kier alpha value is -4.51. The van der Waals surface area contributed by atoms with Gasteiger partial charge in [0.1, 0.15) is 11.2 Å². The fourth-order valence-corrected chi connectivity index (χ4v) is 5.12. The van der Waals surface area contributed by atoms with E-state index in [1.165, 1.54) is 18.5 Å². The van der Waals surface area contributed by atoms with Gasteiger partial charge in [0.25, 0.3) is 5.56 Å². The molecule has 204 valence electrons. The summed E-state index contributed by atoms with van der Waals surface area (Å²) in [5.41, 5.74) is 1.22. The number of aliphatic hydroxyl groups is 1. The van der Waals surface area contributed by atoms with Crippen molar-refractivity contribution in [1.82, 2.24) is 19.7 Å². The molecule has 0 aliphatic carbocycles. The summed E-state index contributed by atoms with van der Waals surface area (Å²) in [6, 6.07) is 12.5. The highest BCUT2D eigenvalue weighted by Gasteiger charge is 2.36. The van der Waals surface area contributed by atoms with Crippen molar-refractivity contribution >= 4 is 16.6 Å². The number of benzene rings is 2. The average molecular weight is 548 g/mol. The minimum atomic E-state index is -4.75. The van der Waals surface area contributed by atoms with Crippen LogP contribution in [0, 0.1) is 13.8 Å². The lowest BCUT2D eigenvalue weighted by molar-refractivity contribution is -0.137. The lowest BCUT2D eigenvalue weighted by Gasteiger charge is -2.22. The van der Waals surface area contributed by atoms with Crippen LogP contribution in [0.1, 0.15) is 23.2 Å². The van der Waals surface area contributed by atoms with Crippen molar-refractivity contribution in [1.29, 1.82) is 0 Å². The van der Waals surface area contributed by atoms with Crippen LogP contribution < -0.4 is 10.5 Å². The third kappa shape index (κ3) is 4.62. The Morgan fingerprint density at radius 1 is 1.05 bits per heavy atom. The van der Waals surface area contributed by atoms with Crippen molar-refractivity contribution < 1.29 is 22.7 Å². The molecule has 0 amide bonds. The third-order valence-corrected chi connectivity index (χ3v) is 7.00. The first-order valence-corrected chi connectivity index (χ1v) is 12.6. The highest BCUT2D eigenvalue weighted by atomic mass is 19.4. The second kappa shape index (κ2) is 9.60. The number of anilines is 1. The van der Waals surface area contributed by atoms with Gasteiger partial charge < -0.3 is 14.4 Å². The molecule has 0 unspecified atom stereocenters. The fraction of sp³-hybridized carbons (Fsp3) is 0.241. The number of oxazole rings is 1. The van der Waals surface area contributed by atoms with Crippen molar-refractivity contribution in [3.8, 4) is 28.3 Å². The zero-order valence-corrected chi connectivity index (χ0v) is 21.6. The highest BCUT2D eigenvalue weighted by Crippen LogP contribution is 2.37. The van der Waals surface area contributed by atoms with Crippen LogP contribution in [0.3, 0.4) is 0 Å². The second-order valence-electron chi connectivity index (χ2n) is 9.96. The highest BCUT2D eigenvalue weighted by molar-refractivity contribution is 5.92. The monoisotopic (exact) mass is 547 g/mol. The number of halogens is 3. The molecule has 1 fully saturated rings. The first-order chi connectivity index (χ1) is 19.1. The molecular formula is C29H24F3N5O3. The Balaban J connectivity index is 1.64. The molecule has 0 bridgehead atoms. The lowest BCUT2D eigenvalue weighted by Crippen LogP contribution is -2.27. The van der Waals surface area contributed by atoms with Gasteiger partial charge in [-0.2, -0.15) is 23.0 Å². The second-order valence-corrected chi connectivity index (χ2v) is 9.96. The van der Waals surface area contributed by atoms with E-state index in [0.717, 1.165) is 16.3 Å². The molecule has 40 heavy (non-hydrogen) atoms. The summed E-state index contributed by atoms with van der Waals surface area (Å²) in [4.78, 5) is 23.9. The smallest absolute Gasteiger partial charge is 0.418 e. The van der Waals surface area contributed by atoms with Gasteiger partial charge >= 0.3 is 6.18 Å². The van der Waals surface area contributed by atoms with Crippen molar-refractivity contribution in [3.05, 3.63) is 88.3 Å². The summed E-state index contributed by atoms with van der Waals surface area (Å²) in [7, 11) is 0. The van der Waals surface area contributed by atoms with Gasteiger partial charge in [-0.05, 0) is 74.4 Å². The third-order valence-electron chi connectivity index (χ3n) is 7.00. The Kier molecular flexibility index (Phi) is 6.18. The minimum Gasteiger partial charge on any atom is -0.444 e. The number of aromatic nitrogens is 4. The largest absolute Gasteiger partial charge is 0.444 e. The molecule has 1 atom stereocenters. The number of β-amino-alcohol motifs (C(OH)–C–C–N with tert-alkyl or cyclic N) is 1. The van der Waals surface area contributed by atoms with Gasteiger partial charge in [-0.15, -0.1) is 0 Å². The molecule has 1 saturated heterocycles. The number of aryl methyl sites for hydroxylation is 2. The maximum atomic E-state index is 14.3. The van der Waals surface area contributed by atoms with Gasteiger partial charge in [-0.1, -0.05) is 0 Å². The molecule has 11 heteroatoms. The van der Waals surface area contributed by atoms with E-state index in [9.17, 15) is 23.1 Å². The summed E-state index contributed by atoms with van der Waals surface area (Å²) in [5.74, 6) is 0.511. The quantitative estimate of drug-likeness (QED) is 0.326. The zero-order chi connectivity index (χ0) is 28.2. The molecule has 0 radical (unpaired) electrons. The lowest BCUT2D eigenvalue weighted by atomic mass is 10.0. The van der Waals surface area contributed by atoms with Crippen LogP contribution in [0.4, 0.5) is 18.9 Å². The van der Waals surface area contributed by atoms with Crippen molar-refractivity contribution in [2.75, 3.05) is 18.0 Å². The van der Waals surface area contributed by atoms with E-state index in [1.807, 2.05) is 19.1 Å². The zero-order valence-electron chi connectivity index (χ0n) is 21.6. The van der Waals surface area contributed by atoms with Crippen LogP contribution in [-0.4, -0.2) is 44.0 Å². The SMILES string of the molecule is Cc1cc(-c2cnco2)cc(-c2nn(-c3cc(N4CC[C@H](O)C4)ccc3C(F)(F)F)c(=O)c3nc(C)ccc23)c1. The number of nitrogens with zero attached hydrogens (tertiary/aromatic N) is 5. The molecule has 8 nitrogen and oxygen atoms in total. The molecule has 3 aromatic heterocycles. The number of rotatable bonds is 4. The number of pyridine rings is 1. The van der Waals surface area contributed by atoms with E-state index in [2.05, 4.69) is 15.1 Å². The number of hydrogen-bond donors (Lipinski definition) is 1. The van der Waals surface area contributed by atoms with E-state index < -0.39 is 29.1 Å². The van der Waals surface area contributed by atoms with Gasteiger partial charge in [-0.3, -0.25) is 4.79 Å². The maximum absolute atomic E-state index is 14.3. The first-order valence-electron chi connectivity index (χ1n) is 12.6. The molecule has 6 rings (SSSR count).